The van der Waals surface area contributed by atoms with Gasteiger partial charge in [0, 0.05) is 5.56 Å². The van der Waals surface area contributed by atoms with Crippen LogP contribution in [0.15, 0.2) is 30.3 Å². The van der Waals surface area contributed by atoms with E-state index in [9.17, 15) is 30.3 Å². The van der Waals surface area contributed by atoms with Crippen molar-refractivity contribution in [1.29, 1.82) is 0 Å². The number of nitrogens with one attached hydrogen (secondary N) is 2. The Hall–Kier alpha value is -5.98. The molecule has 0 spiro atoms. The van der Waals surface area contributed by atoms with Gasteiger partial charge in [0.15, 0.2) is 0 Å². The standard InChI is InChI=1S/C36H35N7O6/c1-9-23-20(7)30-34(41(44)45)31-21(8)24(10-2)33(40-31)36(43(48)49)29-19(6)17(4)27(38-29)25(22-14-12-11-13-15-22)26-16(3)18(5)28(37-26)35(42(46)47)32(23)39-30/h11-15,37-38H,9-10H2,1-8H3. The molecule has 0 saturated heterocycles. The first-order valence-corrected chi connectivity index (χ1v) is 15.9. The lowest BCUT2D eigenvalue weighted by Crippen LogP contribution is -1.99. The first-order valence-electron chi connectivity index (χ1n) is 15.9. The van der Waals surface area contributed by atoms with Gasteiger partial charge in [0.1, 0.15) is 33.8 Å². The minimum Gasteiger partial charge on any atom is -0.349 e. The Morgan fingerprint density at radius 1 is 0.551 bits per heavy atom. The van der Waals surface area contributed by atoms with Crippen LogP contribution in [0.3, 0.4) is 0 Å². The fraction of sp³-hybridized carbons (Fsp3) is 0.278. The number of benzene rings is 1. The molecule has 5 heterocycles. The van der Waals surface area contributed by atoms with E-state index in [0.29, 0.717) is 62.9 Å². The number of nitro groups is 3. The van der Waals surface area contributed by atoms with Crippen LogP contribution in [0, 0.1) is 58.0 Å². The molecule has 2 N–H and O–H groups in total. The molecular weight excluding hydrogens is 626 g/mol. The van der Waals surface area contributed by atoms with Crippen molar-refractivity contribution < 1.29 is 14.8 Å². The maximum absolute atomic E-state index is 13.0. The fourth-order valence-corrected chi connectivity index (χ4v) is 7.13. The quantitative estimate of drug-likeness (QED) is 0.151. The summed E-state index contributed by atoms with van der Waals surface area (Å²) < 4.78 is 0. The molecule has 0 saturated carbocycles. The maximum Gasteiger partial charge on any atom is 0.320 e. The van der Waals surface area contributed by atoms with Crippen molar-refractivity contribution in [3.63, 3.8) is 0 Å². The van der Waals surface area contributed by atoms with Crippen molar-refractivity contribution in [2.75, 3.05) is 0 Å². The van der Waals surface area contributed by atoms with Crippen LogP contribution in [0.25, 0.3) is 55.5 Å². The third-order valence-corrected chi connectivity index (χ3v) is 9.95. The maximum atomic E-state index is 13.0. The number of aromatic amines is 2. The Morgan fingerprint density at radius 2 is 0.918 bits per heavy atom. The van der Waals surface area contributed by atoms with E-state index in [2.05, 4.69) is 19.9 Å². The molecule has 13 heteroatoms. The first-order chi connectivity index (χ1) is 23.2. The summed E-state index contributed by atoms with van der Waals surface area (Å²) in [5, 5.41) is 39.0. The molecule has 2 aliphatic rings. The monoisotopic (exact) mass is 661 g/mol. The Bertz CT molecular complexity index is 2260. The number of aromatic nitrogens is 4. The number of hydrogen-bond donors (Lipinski definition) is 2. The molecule has 0 aliphatic carbocycles. The van der Waals surface area contributed by atoms with Crippen LogP contribution in [0.5, 0.6) is 0 Å². The van der Waals surface area contributed by atoms with Crippen molar-refractivity contribution >= 4 is 61.4 Å². The molecule has 0 fully saturated rings. The molecule has 2 aliphatic heterocycles. The lowest BCUT2D eigenvalue weighted by molar-refractivity contribution is -0.386. The SMILES string of the molecule is CCC1=C(C)c2nc1c([N+](=O)[O-])c1[nH]c(c(C)c1C)c(-c1ccccc1)c1[nH]c(c(C)c1C)c([N+](=O)[O-])c1nc(c2[N+](=O)[O-])C(C)=C1CC. The lowest BCUT2D eigenvalue weighted by Gasteiger charge is -2.05. The highest BCUT2D eigenvalue weighted by Crippen LogP contribution is 2.47. The van der Waals surface area contributed by atoms with Gasteiger partial charge in [-0.15, -0.1) is 0 Å². The summed E-state index contributed by atoms with van der Waals surface area (Å²) in [6.07, 6.45) is 0.621. The second-order valence-corrected chi connectivity index (χ2v) is 12.3. The normalized spacial score (nSPS) is 13.0. The highest BCUT2D eigenvalue weighted by atomic mass is 16.6. The molecule has 0 unspecified atom stereocenters. The fourth-order valence-electron chi connectivity index (χ4n) is 7.13. The van der Waals surface area contributed by atoms with Gasteiger partial charge >= 0.3 is 17.1 Å². The van der Waals surface area contributed by atoms with Crippen LogP contribution in [0.1, 0.15) is 85.6 Å². The van der Waals surface area contributed by atoms with Crippen LogP contribution >= 0.6 is 0 Å². The Labute approximate surface area is 280 Å². The van der Waals surface area contributed by atoms with Crippen LogP contribution < -0.4 is 0 Å². The summed E-state index contributed by atoms with van der Waals surface area (Å²) >= 11 is 0. The molecular formula is C36H35N7O6. The lowest BCUT2D eigenvalue weighted by atomic mass is 9.99. The van der Waals surface area contributed by atoms with E-state index in [-0.39, 0.29) is 45.2 Å². The van der Waals surface area contributed by atoms with Crippen LogP contribution in [-0.2, 0) is 0 Å². The number of allylic oxidation sites excluding steroid dienone is 4. The van der Waals surface area contributed by atoms with Crippen molar-refractivity contribution in [2.45, 2.75) is 68.2 Å². The van der Waals surface area contributed by atoms with Gasteiger partial charge in [0.25, 0.3) is 0 Å². The molecule has 13 nitrogen and oxygen atoms in total. The number of nitrogens with zero attached hydrogens (tertiary/aromatic N) is 5. The van der Waals surface area contributed by atoms with Crippen LogP contribution in [-0.4, -0.2) is 34.7 Å². The molecule has 6 rings (SSSR count). The number of aryl methyl sites for hydroxylation is 4. The smallest absolute Gasteiger partial charge is 0.320 e. The zero-order chi connectivity index (χ0) is 35.6. The van der Waals surface area contributed by atoms with Crippen molar-refractivity contribution in [1.82, 2.24) is 19.9 Å². The summed E-state index contributed by atoms with van der Waals surface area (Å²) in [6, 6.07) is 9.46. The van der Waals surface area contributed by atoms with E-state index in [1.165, 1.54) is 0 Å². The highest BCUT2D eigenvalue weighted by molar-refractivity contribution is 6.04. The molecule has 250 valence electrons. The van der Waals surface area contributed by atoms with Gasteiger partial charge < -0.3 is 9.97 Å². The zero-order valence-electron chi connectivity index (χ0n) is 28.5. The minimum absolute atomic E-state index is 0.0236. The van der Waals surface area contributed by atoms with Crippen LogP contribution in [0.2, 0.25) is 0 Å². The third kappa shape index (κ3) is 4.83. The van der Waals surface area contributed by atoms with E-state index in [4.69, 9.17) is 0 Å². The second kappa shape index (κ2) is 11.9. The predicted molar refractivity (Wildman–Crippen MR) is 191 cm³/mol. The number of hydrogen-bond acceptors (Lipinski definition) is 8. The molecule has 8 bridgehead atoms. The third-order valence-electron chi connectivity index (χ3n) is 9.95. The minimum atomic E-state index is -0.608. The van der Waals surface area contributed by atoms with Gasteiger partial charge in [-0.25, -0.2) is 9.97 Å². The van der Waals surface area contributed by atoms with E-state index in [1.54, 1.807) is 27.7 Å². The Morgan fingerprint density at radius 3 is 1.27 bits per heavy atom. The molecule has 3 aromatic heterocycles. The van der Waals surface area contributed by atoms with Gasteiger partial charge in [-0.1, -0.05) is 44.2 Å². The largest absolute Gasteiger partial charge is 0.349 e. The molecule has 0 amide bonds. The van der Waals surface area contributed by atoms with Crippen molar-refractivity contribution in [2.24, 2.45) is 0 Å². The van der Waals surface area contributed by atoms with Crippen LogP contribution in [0.4, 0.5) is 17.1 Å². The van der Waals surface area contributed by atoms with E-state index in [1.807, 2.05) is 58.0 Å². The second-order valence-electron chi connectivity index (χ2n) is 12.3. The van der Waals surface area contributed by atoms with Gasteiger partial charge in [-0.3, -0.25) is 30.3 Å². The summed E-state index contributed by atoms with van der Waals surface area (Å²) in [5.74, 6) is 0. The topological polar surface area (TPSA) is 187 Å². The molecule has 4 aromatic rings. The average Bonchev–Trinajstić information content (AvgIpc) is 3.73. The predicted octanol–water partition coefficient (Wildman–Crippen LogP) is 9.62. The number of H-pyrrole nitrogens is 2. The highest BCUT2D eigenvalue weighted by Gasteiger charge is 2.37. The summed E-state index contributed by atoms with van der Waals surface area (Å²) in [4.78, 5) is 53.4. The number of fused-ring (bicyclic) bond motifs is 8. The van der Waals surface area contributed by atoms with Gasteiger partial charge in [0.05, 0.1) is 25.8 Å². The van der Waals surface area contributed by atoms with E-state index in [0.717, 1.165) is 16.7 Å². The first kappa shape index (κ1) is 32.9. The summed E-state index contributed by atoms with van der Waals surface area (Å²) in [5.41, 5.74) is 6.38. The summed E-state index contributed by atoms with van der Waals surface area (Å²) in [6.45, 7) is 14.2. The molecule has 0 radical (unpaired) electrons. The van der Waals surface area contributed by atoms with Crippen molar-refractivity contribution in [3.8, 4) is 11.1 Å². The Kier molecular flexibility index (Phi) is 8.01. The summed E-state index contributed by atoms with van der Waals surface area (Å²) in [7, 11) is 0. The molecule has 49 heavy (non-hydrogen) atoms. The molecule has 1 aromatic carbocycles. The van der Waals surface area contributed by atoms with Gasteiger partial charge in [0.2, 0.25) is 0 Å². The van der Waals surface area contributed by atoms with Gasteiger partial charge in [-0.2, -0.15) is 0 Å². The van der Waals surface area contributed by atoms with Crippen molar-refractivity contribution in [3.05, 3.63) is 106 Å². The average molecular weight is 662 g/mol. The van der Waals surface area contributed by atoms with E-state index >= 15 is 0 Å². The number of rotatable bonds is 6. The van der Waals surface area contributed by atoms with E-state index < -0.39 is 20.5 Å². The zero-order valence-corrected chi connectivity index (χ0v) is 28.5. The molecule has 0 atom stereocenters. The van der Waals surface area contributed by atoms with Gasteiger partial charge in [-0.05, 0) is 104 Å². The Balaban J connectivity index is 2.07.